The topological polar surface area (TPSA) is 15.3 Å². The molecular formula is C16H24ClFN2. The maximum absolute atomic E-state index is 13.1. The summed E-state index contributed by atoms with van der Waals surface area (Å²) in [4.78, 5) is 2.60. The van der Waals surface area contributed by atoms with Gasteiger partial charge < -0.3 is 5.32 Å². The van der Waals surface area contributed by atoms with Crippen molar-refractivity contribution in [3.8, 4) is 0 Å². The lowest BCUT2D eigenvalue weighted by Gasteiger charge is -2.38. The largest absolute Gasteiger partial charge is 0.314 e. The summed E-state index contributed by atoms with van der Waals surface area (Å²) in [7, 11) is 0. The molecule has 20 heavy (non-hydrogen) atoms. The molecule has 3 rings (SSSR count). The number of piperazine rings is 1. The van der Waals surface area contributed by atoms with Crippen LogP contribution < -0.4 is 5.32 Å². The summed E-state index contributed by atoms with van der Waals surface area (Å²) in [6, 6.07) is 7.69. The van der Waals surface area contributed by atoms with Crippen LogP contribution in [0.1, 0.15) is 37.3 Å². The Bertz CT molecular complexity index is 397. The van der Waals surface area contributed by atoms with Crippen LogP contribution in [0.25, 0.3) is 0 Å². The van der Waals surface area contributed by atoms with Crippen LogP contribution in [0.15, 0.2) is 24.3 Å². The summed E-state index contributed by atoms with van der Waals surface area (Å²) in [5.41, 5.74) is 1.30. The number of hydrogen-bond donors (Lipinski definition) is 1. The third kappa shape index (κ3) is 3.51. The summed E-state index contributed by atoms with van der Waals surface area (Å²) in [5.74, 6) is 0.623. The van der Waals surface area contributed by atoms with Crippen LogP contribution in [-0.4, -0.2) is 31.1 Å². The molecule has 2 aliphatic rings. The fourth-order valence-corrected chi connectivity index (χ4v) is 3.67. The minimum Gasteiger partial charge on any atom is -0.314 e. The van der Waals surface area contributed by atoms with Gasteiger partial charge in [0.2, 0.25) is 0 Å². The maximum atomic E-state index is 13.1. The summed E-state index contributed by atoms with van der Waals surface area (Å²) in [6.45, 7) is 4.37. The third-order valence-corrected chi connectivity index (χ3v) is 4.60. The molecule has 112 valence electrons. The molecule has 0 unspecified atom stereocenters. The maximum Gasteiger partial charge on any atom is 0.123 e. The van der Waals surface area contributed by atoms with Crippen molar-refractivity contribution in [2.24, 2.45) is 5.92 Å². The van der Waals surface area contributed by atoms with E-state index in [0.717, 1.165) is 32.1 Å². The van der Waals surface area contributed by atoms with Crippen LogP contribution >= 0.6 is 12.4 Å². The lowest BCUT2D eigenvalue weighted by Crippen LogP contribution is -2.46. The second kappa shape index (κ2) is 7.39. The van der Waals surface area contributed by atoms with Gasteiger partial charge in [-0.05, 0) is 36.5 Å². The molecule has 2 fully saturated rings. The summed E-state index contributed by atoms with van der Waals surface area (Å²) >= 11 is 0. The van der Waals surface area contributed by atoms with E-state index >= 15 is 0 Å². The van der Waals surface area contributed by atoms with Gasteiger partial charge in [-0.2, -0.15) is 0 Å². The predicted octanol–water partition coefficient (Wildman–Crippen LogP) is 3.38. The predicted molar refractivity (Wildman–Crippen MR) is 82.8 cm³/mol. The lowest BCUT2D eigenvalue weighted by molar-refractivity contribution is 0.125. The Labute approximate surface area is 127 Å². The Morgan fingerprint density at radius 1 is 1.05 bits per heavy atom. The van der Waals surface area contributed by atoms with Crippen LogP contribution in [0.5, 0.6) is 0 Å². The SMILES string of the molecule is Cl.Fc1ccc([C@@H](C2CCCC2)N2CCNCC2)cc1. The van der Waals surface area contributed by atoms with Crippen molar-refractivity contribution in [3.63, 3.8) is 0 Å². The van der Waals surface area contributed by atoms with E-state index in [-0.39, 0.29) is 18.2 Å². The van der Waals surface area contributed by atoms with E-state index in [0.29, 0.717) is 6.04 Å². The van der Waals surface area contributed by atoms with Gasteiger partial charge in [0.1, 0.15) is 5.82 Å². The minimum absolute atomic E-state index is 0. The van der Waals surface area contributed by atoms with E-state index in [1.165, 1.54) is 31.2 Å². The molecule has 0 amide bonds. The average molecular weight is 299 g/mol. The average Bonchev–Trinajstić information content (AvgIpc) is 2.96. The number of rotatable bonds is 3. The van der Waals surface area contributed by atoms with Gasteiger partial charge in [0.25, 0.3) is 0 Å². The zero-order valence-corrected chi connectivity index (χ0v) is 12.7. The molecule has 0 aromatic heterocycles. The van der Waals surface area contributed by atoms with Gasteiger partial charge in [-0.15, -0.1) is 12.4 Å². The smallest absolute Gasteiger partial charge is 0.123 e. The second-order valence-electron chi connectivity index (χ2n) is 5.83. The first-order valence-electron chi connectivity index (χ1n) is 7.55. The zero-order valence-electron chi connectivity index (χ0n) is 11.9. The number of nitrogens with one attached hydrogen (secondary N) is 1. The van der Waals surface area contributed by atoms with Crippen molar-refractivity contribution in [1.82, 2.24) is 10.2 Å². The van der Waals surface area contributed by atoms with E-state index in [9.17, 15) is 4.39 Å². The summed E-state index contributed by atoms with van der Waals surface area (Å²) < 4.78 is 13.1. The van der Waals surface area contributed by atoms with Crippen molar-refractivity contribution in [2.45, 2.75) is 31.7 Å². The molecule has 0 spiro atoms. The molecule has 0 radical (unpaired) electrons. The first-order chi connectivity index (χ1) is 9.34. The molecule has 4 heteroatoms. The minimum atomic E-state index is -0.130. The van der Waals surface area contributed by atoms with E-state index in [1.807, 2.05) is 12.1 Å². The number of halogens is 2. The third-order valence-electron chi connectivity index (χ3n) is 4.60. The van der Waals surface area contributed by atoms with E-state index in [2.05, 4.69) is 10.2 Å². The van der Waals surface area contributed by atoms with Crippen LogP contribution in [0.4, 0.5) is 4.39 Å². The van der Waals surface area contributed by atoms with Crippen molar-refractivity contribution < 1.29 is 4.39 Å². The summed E-state index contributed by atoms with van der Waals surface area (Å²) in [6.07, 6.45) is 5.36. The molecular weight excluding hydrogens is 275 g/mol. The fourth-order valence-electron chi connectivity index (χ4n) is 3.67. The van der Waals surface area contributed by atoms with Gasteiger partial charge >= 0.3 is 0 Å². The highest BCUT2D eigenvalue weighted by Crippen LogP contribution is 2.39. The van der Waals surface area contributed by atoms with Crippen molar-refractivity contribution in [1.29, 1.82) is 0 Å². The van der Waals surface area contributed by atoms with Crippen LogP contribution in [0.2, 0.25) is 0 Å². The fraction of sp³-hybridized carbons (Fsp3) is 0.625. The molecule has 1 aromatic rings. The first-order valence-corrected chi connectivity index (χ1v) is 7.55. The van der Waals surface area contributed by atoms with Gasteiger partial charge in [0, 0.05) is 32.2 Å². The molecule has 1 heterocycles. The highest BCUT2D eigenvalue weighted by Gasteiger charge is 2.31. The Kier molecular flexibility index (Phi) is 5.82. The standard InChI is InChI=1S/C16H23FN2.ClH/c17-15-7-5-14(6-8-15)16(13-3-1-2-4-13)19-11-9-18-10-12-19;/h5-8,13,16,18H,1-4,9-12H2;1H/t16-;/m1./s1. The van der Waals surface area contributed by atoms with Gasteiger partial charge in [-0.1, -0.05) is 25.0 Å². The van der Waals surface area contributed by atoms with Gasteiger partial charge in [0.05, 0.1) is 0 Å². The van der Waals surface area contributed by atoms with Crippen LogP contribution in [0.3, 0.4) is 0 Å². The molecule has 1 aliphatic carbocycles. The molecule has 1 saturated carbocycles. The number of benzene rings is 1. The molecule has 1 aromatic carbocycles. The zero-order chi connectivity index (χ0) is 13.1. The highest BCUT2D eigenvalue weighted by atomic mass is 35.5. The monoisotopic (exact) mass is 298 g/mol. The van der Waals surface area contributed by atoms with E-state index in [1.54, 1.807) is 12.1 Å². The van der Waals surface area contributed by atoms with Gasteiger partial charge in [-0.25, -0.2) is 4.39 Å². The van der Waals surface area contributed by atoms with E-state index < -0.39 is 0 Å². The van der Waals surface area contributed by atoms with Crippen LogP contribution in [-0.2, 0) is 0 Å². The summed E-state index contributed by atoms with van der Waals surface area (Å²) in [5, 5.41) is 3.42. The Balaban J connectivity index is 0.00000147. The van der Waals surface area contributed by atoms with Crippen molar-refractivity contribution in [3.05, 3.63) is 35.6 Å². The van der Waals surface area contributed by atoms with Gasteiger partial charge in [-0.3, -0.25) is 4.90 Å². The van der Waals surface area contributed by atoms with E-state index in [4.69, 9.17) is 0 Å². The van der Waals surface area contributed by atoms with Gasteiger partial charge in [0.15, 0.2) is 0 Å². The normalized spacial score (nSPS) is 22.4. The quantitative estimate of drug-likeness (QED) is 0.920. The molecule has 0 bridgehead atoms. The Morgan fingerprint density at radius 3 is 2.25 bits per heavy atom. The molecule has 1 N–H and O–H groups in total. The van der Waals surface area contributed by atoms with Crippen molar-refractivity contribution >= 4 is 12.4 Å². The second-order valence-corrected chi connectivity index (χ2v) is 5.83. The molecule has 1 aliphatic heterocycles. The molecule has 1 saturated heterocycles. The Morgan fingerprint density at radius 2 is 1.65 bits per heavy atom. The number of nitrogens with zero attached hydrogens (tertiary/aromatic N) is 1. The molecule has 2 nitrogen and oxygen atoms in total. The van der Waals surface area contributed by atoms with Crippen molar-refractivity contribution in [2.75, 3.05) is 26.2 Å². The first kappa shape index (κ1) is 15.7. The number of hydrogen-bond acceptors (Lipinski definition) is 2. The Hall–Kier alpha value is -0.640. The lowest BCUT2D eigenvalue weighted by atomic mass is 9.90. The van der Waals surface area contributed by atoms with Crippen LogP contribution in [0, 0.1) is 11.7 Å². The highest BCUT2D eigenvalue weighted by molar-refractivity contribution is 5.85. The molecule has 1 atom stereocenters.